The Morgan fingerprint density at radius 2 is 1.82 bits per heavy atom. The van der Waals surface area contributed by atoms with E-state index < -0.39 is 5.60 Å². The smallest absolute Gasteiger partial charge is 0.407 e. The summed E-state index contributed by atoms with van der Waals surface area (Å²) in [7, 11) is 0. The van der Waals surface area contributed by atoms with Crippen LogP contribution in [0.5, 0.6) is 0 Å². The molecule has 0 rings (SSSR count). The van der Waals surface area contributed by atoms with E-state index in [0.717, 1.165) is 5.75 Å². The Kier molecular flexibility index (Phi) is 6.77. The minimum atomic E-state index is -0.456. The zero-order valence-electron chi connectivity index (χ0n) is 11.7. The quantitative estimate of drug-likeness (QED) is 0.775. The molecule has 0 aromatic carbocycles. The molecule has 0 bridgehead atoms. The van der Waals surface area contributed by atoms with Crippen molar-refractivity contribution in [1.82, 2.24) is 5.32 Å². The largest absolute Gasteiger partial charge is 0.444 e. The Morgan fingerprint density at radius 1 is 1.29 bits per heavy atom. The fourth-order valence-electron chi connectivity index (χ4n) is 0.965. The highest BCUT2D eigenvalue weighted by Gasteiger charge is 2.20. The van der Waals surface area contributed by atoms with Crippen LogP contribution in [-0.2, 0) is 4.74 Å². The van der Waals surface area contributed by atoms with Crippen LogP contribution in [0.4, 0.5) is 4.79 Å². The average Bonchev–Trinajstić information content (AvgIpc) is 2.07. The van der Waals surface area contributed by atoms with E-state index >= 15 is 0 Å². The van der Waals surface area contributed by atoms with Gasteiger partial charge >= 0.3 is 6.09 Å². The van der Waals surface area contributed by atoms with Crippen molar-refractivity contribution in [3.8, 4) is 0 Å². The van der Waals surface area contributed by atoms with E-state index in [1.165, 1.54) is 0 Å². The first-order valence-electron chi connectivity index (χ1n) is 5.78. The summed E-state index contributed by atoms with van der Waals surface area (Å²) in [6.45, 7) is 12.0. The second-order valence-electron chi connectivity index (χ2n) is 5.95. The molecule has 0 fully saturated rings. The minimum Gasteiger partial charge on any atom is -0.444 e. The van der Waals surface area contributed by atoms with E-state index in [4.69, 9.17) is 4.74 Å². The summed E-state index contributed by atoms with van der Waals surface area (Å²) in [4.78, 5) is 11.6. The summed E-state index contributed by atoms with van der Waals surface area (Å²) < 4.78 is 5.40. The van der Waals surface area contributed by atoms with Crippen molar-refractivity contribution in [3.05, 3.63) is 0 Å². The highest BCUT2D eigenvalue weighted by molar-refractivity contribution is 8.00. The van der Waals surface area contributed by atoms with E-state index in [1.807, 2.05) is 32.5 Å². The third-order valence-corrected chi connectivity index (χ3v) is 3.53. The molecule has 3 nitrogen and oxygen atoms in total. The van der Waals surface area contributed by atoms with Crippen LogP contribution >= 0.6 is 24.4 Å². The zero-order chi connectivity index (χ0) is 13.7. The molecule has 1 N–H and O–H groups in total. The number of amides is 1. The highest BCUT2D eigenvalue weighted by atomic mass is 32.2. The lowest BCUT2D eigenvalue weighted by Gasteiger charge is -2.25. The predicted molar refractivity (Wildman–Crippen MR) is 79.2 cm³/mol. The molecule has 0 unspecified atom stereocenters. The molecule has 102 valence electrons. The van der Waals surface area contributed by atoms with Gasteiger partial charge in [0.05, 0.1) is 6.04 Å². The average molecular weight is 279 g/mol. The molecule has 0 aromatic heterocycles. The molecule has 0 aliphatic rings. The number of carbonyl (C=O) groups excluding carboxylic acids is 1. The predicted octanol–water partition coefficient (Wildman–Crippen LogP) is 3.34. The highest BCUT2D eigenvalue weighted by Crippen LogP contribution is 2.24. The van der Waals surface area contributed by atoms with Gasteiger partial charge in [0.1, 0.15) is 5.60 Å². The number of nitrogens with one attached hydrogen (secondary N) is 1. The first-order valence-corrected chi connectivity index (χ1v) is 7.39. The maximum absolute atomic E-state index is 11.6. The van der Waals surface area contributed by atoms with Crippen LogP contribution in [0.3, 0.4) is 0 Å². The van der Waals surface area contributed by atoms with Gasteiger partial charge in [-0.1, -0.05) is 20.8 Å². The molecule has 0 saturated carbocycles. The number of alkyl carbamates (subject to hydrolysis) is 1. The van der Waals surface area contributed by atoms with Crippen LogP contribution in [0.15, 0.2) is 0 Å². The lowest BCUT2D eigenvalue weighted by molar-refractivity contribution is 0.0514. The molecule has 0 saturated heterocycles. The third kappa shape index (κ3) is 10.8. The monoisotopic (exact) mass is 279 g/mol. The van der Waals surface area contributed by atoms with Gasteiger partial charge < -0.3 is 10.1 Å². The van der Waals surface area contributed by atoms with Crippen LogP contribution in [0, 0.1) is 0 Å². The van der Waals surface area contributed by atoms with Crippen LogP contribution in [0.25, 0.3) is 0 Å². The van der Waals surface area contributed by atoms with Gasteiger partial charge in [-0.2, -0.15) is 24.4 Å². The Balaban J connectivity index is 4.09. The maximum Gasteiger partial charge on any atom is 0.407 e. The zero-order valence-corrected chi connectivity index (χ0v) is 13.4. The molecule has 0 radical (unpaired) electrons. The topological polar surface area (TPSA) is 38.3 Å². The molecule has 0 heterocycles. The summed E-state index contributed by atoms with van der Waals surface area (Å²) >= 11 is 6.05. The number of ether oxygens (including phenoxy) is 1. The van der Waals surface area contributed by atoms with Crippen molar-refractivity contribution in [1.29, 1.82) is 0 Å². The molecule has 1 amide bonds. The van der Waals surface area contributed by atoms with Crippen molar-refractivity contribution in [2.24, 2.45) is 0 Å². The fraction of sp³-hybridized carbons (Fsp3) is 0.917. The molecule has 0 aromatic rings. The molecule has 5 heteroatoms. The van der Waals surface area contributed by atoms with E-state index in [1.54, 1.807) is 0 Å². The molecular weight excluding hydrogens is 254 g/mol. The Hall–Kier alpha value is -0.0300. The van der Waals surface area contributed by atoms with Crippen LogP contribution in [0.1, 0.15) is 41.5 Å². The number of thioether (sulfide) groups is 1. The summed E-state index contributed by atoms with van der Waals surface area (Å²) in [6, 6.07) is 0.0393. The van der Waals surface area contributed by atoms with Crippen molar-refractivity contribution < 1.29 is 9.53 Å². The number of thiol groups is 1. The minimum absolute atomic E-state index is 0.0393. The first-order chi connectivity index (χ1) is 7.53. The second-order valence-corrected chi connectivity index (χ2v) is 8.16. The van der Waals surface area contributed by atoms with Crippen LogP contribution in [0.2, 0.25) is 0 Å². The van der Waals surface area contributed by atoms with Gasteiger partial charge in [0, 0.05) is 16.3 Å². The van der Waals surface area contributed by atoms with Crippen molar-refractivity contribution >= 4 is 30.5 Å². The van der Waals surface area contributed by atoms with Gasteiger partial charge in [0.25, 0.3) is 0 Å². The Bertz CT molecular complexity index is 244. The van der Waals surface area contributed by atoms with Gasteiger partial charge in [0.2, 0.25) is 0 Å². The number of carbonyl (C=O) groups is 1. The van der Waals surface area contributed by atoms with Crippen LogP contribution < -0.4 is 5.32 Å². The van der Waals surface area contributed by atoms with E-state index in [9.17, 15) is 4.79 Å². The van der Waals surface area contributed by atoms with Gasteiger partial charge in [-0.25, -0.2) is 4.79 Å². The van der Waals surface area contributed by atoms with E-state index in [0.29, 0.717) is 5.75 Å². The summed E-state index contributed by atoms with van der Waals surface area (Å²) in [5.41, 5.74) is -0.456. The molecule has 0 aliphatic heterocycles. The van der Waals surface area contributed by atoms with Gasteiger partial charge in [-0.15, -0.1) is 0 Å². The number of hydrogen-bond acceptors (Lipinski definition) is 4. The molecule has 1 atom stereocenters. The number of hydrogen-bond donors (Lipinski definition) is 2. The lowest BCUT2D eigenvalue weighted by Crippen LogP contribution is -2.42. The maximum atomic E-state index is 11.6. The molecule has 0 aliphatic carbocycles. The number of rotatable bonds is 4. The van der Waals surface area contributed by atoms with Gasteiger partial charge in [-0.3, -0.25) is 0 Å². The fourth-order valence-corrected chi connectivity index (χ4v) is 2.26. The molecular formula is C12H25NO2S2. The normalized spacial score (nSPS) is 14.3. The SMILES string of the molecule is CC(C)(C)OC(=O)N[C@H](CS)CSC(C)(C)C. The van der Waals surface area contributed by atoms with Crippen molar-refractivity contribution in [2.45, 2.75) is 57.9 Å². The third-order valence-electron chi connectivity index (χ3n) is 1.66. The van der Waals surface area contributed by atoms with E-state index in [2.05, 4.69) is 38.7 Å². The standard InChI is InChI=1S/C12H25NO2S2/c1-11(2,3)15-10(14)13-9(7-16)8-17-12(4,5)6/h9,16H,7-8H2,1-6H3,(H,13,14)/t9-/m1/s1. The lowest BCUT2D eigenvalue weighted by atomic mass is 10.2. The Labute approximate surface area is 115 Å². The van der Waals surface area contributed by atoms with Gasteiger partial charge in [-0.05, 0) is 20.8 Å². The second kappa shape index (κ2) is 6.78. The van der Waals surface area contributed by atoms with Crippen LogP contribution in [-0.4, -0.2) is 34.0 Å². The molecule has 0 spiro atoms. The first kappa shape index (κ1) is 17.0. The van der Waals surface area contributed by atoms with Crippen molar-refractivity contribution in [3.63, 3.8) is 0 Å². The van der Waals surface area contributed by atoms with Gasteiger partial charge in [0.15, 0.2) is 0 Å². The Morgan fingerprint density at radius 3 is 2.18 bits per heavy atom. The van der Waals surface area contributed by atoms with E-state index in [-0.39, 0.29) is 16.9 Å². The summed E-state index contributed by atoms with van der Waals surface area (Å²) in [5.74, 6) is 1.45. The summed E-state index contributed by atoms with van der Waals surface area (Å²) in [5, 5.41) is 2.84. The molecule has 17 heavy (non-hydrogen) atoms. The van der Waals surface area contributed by atoms with Crippen molar-refractivity contribution in [2.75, 3.05) is 11.5 Å². The summed E-state index contributed by atoms with van der Waals surface area (Å²) in [6.07, 6.45) is -0.369.